The van der Waals surface area contributed by atoms with Crippen molar-refractivity contribution < 1.29 is 4.74 Å². The van der Waals surface area contributed by atoms with Crippen molar-refractivity contribution in [2.45, 2.75) is 12.5 Å². The monoisotopic (exact) mass is 272 g/mol. The Bertz CT molecular complexity index is 341. The molecule has 0 amide bonds. The van der Waals surface area contributed by atoms with Gasteiger partial charge >= 0.3 is 0 Å². The Morgan fingerprint density at radius 1 is 1.67 bits per heavy atom. The van der Waals surface area contributed by atoms with Crippen molar-refractivity contribution in [3.05, 3.63) is 10.7 Å². The molecule has 5 nitrogen and oxygen atoms in total. The quantitative estimate of drug-likeness (QED) is 0.861. The van der Waals surface area contributed by atoms with E-state index in [1.165, 1.54) is 0 Å². The van der Waals surface area contributed by atoms with Gasteiger partial charge in [-0.05, 0) is 28.9 Å². The number of halogens is 1. The fourth-order valence-electron chi connectivity index (χ4n) is 1.52. The summed E-state index contributed by atoms with van der Waals surface area (Å²) in [5.74, 6) is 1.17. The van der Waals surface area contributed by atoms with Gasteiger partial charge in [0, 0.05) is 12.6 Å². The number of methoxy groups -OCH3 is 1. The second-order valence-electron chi connectivity index (χ2n) is 3.38. The molecule has 1 aromatic heterocycles. The second kappa shape index (κ2) is 4.76. The molecule has 1 aliphatic rings. The van der Waals surface area contributed by atoms with Gasteiger partial charge in [-0.15, -0.1) is 0 Å². The van der Waals surface area contributed by atoms with E-state index >= 15 is 0 Å². The number of aromatic nitrogens is 2. The molecule has 2 rings (SSSR count). The lowest BCUT2D eigenvalue weighted by atomic mass is 10.3. The molecule has 0 bridgehead atoms. The first-order chi connectivity index (χ1) is 7.29. The van der Waals surface area contributed by atoms with Crippen molar-refractivity contribution in [3.8, 4) is 5.88 Å². The summed E-state index contributed by atoms with van der Waals surface area (Å²) in [5.41, 5.74) is 0. The molecule has 15 heavy (non-hydrogen) atoms. The smallest absolute Gasteiger partial charge is 0.232 e. The van der Waals surface area contributed by atoms with E-state index in [-0.39, 0.29) is 0 Å². The predicted molar refractivity (Wildman–Crippen MR) is 61.2 cm³/mol. The molecule has 2 N–H and O–H groups in total. The summed E-state index contributed by atoms with van der Waals surface area (Å²) in [4.78, 5) is 8.41. The van der Waals surface area contributed by atoms with Crippen LogP contribution in [0.25, 0.3) is 0 Å². The lowest BCUT2D eigenvalue weighted by Gasteiger charge is -2.11. The first kappa shape index (κ1) is 10.6. The second-order valence-corrected chi connectivity index (χ2v) is 4.24. The summed E-state index contributed by atoms with van der Waals surface area (Å²) < 4.78 is 5.86. The zero-order valence-corrected chi connectivity index (χ0v) is 10.0. The fourth-order valence-corrected chi connectivity index (χ4v) is 1.88. The number of nitrogens with one attached hydrogen (secondary N) is 2. The number of nitrogens with zero attached hydrogens (tertiary/aromatic N) is 2. The lowest BCUT2D eigenvalue weighted by Crippen LogP contribution is -2.23. The highest BCUT2D eigenvalue weighted by Crippen LogP contribution is 2.22. The highest BCUT2D eigenvalue weighted by atomic mass is 79.9. The van der Waals surface area contributed by atoms with Gasteiger partial charge in [0.1, 0.15) is 0 Å². The average molecular weight is 273 g/mol. The molecule has 2 heterocycles. The maximum atomic E-state index is 5.10. The number of ether oxygens (including phenoxy) is 1. The molecule has 1 aliphatic heterocycles. The molecular formula is C9H13BrN4O. The maximum Gasteiger partial charge on any atom is 0.232 e. The van der Waals surface area contributed by atoms with Gasteiger partial charge in [0.15, 0.2) is 0 Å². The average Bonchev–Trinajstić information content (AvgIpc) is 2.73. The minimum absolute atomic E-state index is 0.413. The third-order valence-corrected chi connectivity index (χ3v) is 2.84. The summed E-state index contributed by atoms with van der Waals surface area (Å²) in [5, 5.41) is 6.53. The number of hydrogen-bond acceptors (Lipinski definition) is 5. The van der Waals surface area contributed by atoms with Gasteiger partial charge in [-0.25, -0.2) is 4.98 Å². The Hall–Kier alpha value is -0.880. The van der Waals surface area contributed by atoms with Gasteiger partial charge in [0.2, 0.25) is 11.8 Å². The summed E-state index contributed by atoms with van der Waals surface area (Å²) in [7, 11) is 1.59. The van der Waals surface area contributed by atoms with Crippen LogP contribution in [0, 0.1) is 0 Å². The van der Waals surface area contributed by atoms with Gasteiger partial charge < -0.3 is 15.4 Å². The van der Waals surface area contributed by atoms with Gasteiger partial charge in [0.05, 0.1) is 17.8 Å². The Morgan fingerprint density at radius 3 is 3.20 bits per heavy atom. The van der Waals surface area contributed by atoms with Crippen molar-refractivity contribution >= 4 is 21.9 Å². The highest BCUT2D eigenvalue weighted by Gasteiger charge is 2.15. The molecule has 0 aliphatic carbocycles. The zero-order valence-electron chi connectivity index (χ0n) is 8.46. The van der Waals surface area contributed by atoms with E-state index in [9.17, 15) is 0 Å². The SMILES string of the molecule is COc1nc(N[C@@H]2CCNC2)ncc1Br. The van der Waals surface area contributed by atoms with Gasteiger partial charge in [0.25, 0.3) is 0 Å². The topological polar surface area (TPSA) is 59.1 Å². The lowest BCUT2D eigenvalue weighted by molar-refractivity contribution is 0.394. The molecule has 82 valence electrons. The van der Waals surface area contributed by atoms with E-state index in [2.05, 4.69) is 36.5 Å². The molecule has 1 fully saturated rings. The van der Waals surface area contributed by atoms with Crippen molar-refractivity contribution in [3.63, 3.8) is 0 Å². The first-order valence-electron chi connectivity index (χ1n) is 4.83. The fraction of sp³-hybridized carbons (Fsp3) is 0.556. The summed E-state index contributed by atoms with van der Waals surface area (Å²) >= 11 is 3.31. The number of hydrogen-bond donors (Lipinski definition) is 2. The summed E-state index contributed by atoms with van der Waals surface area (Å²) in [6, 6.07) is 0.413. The zero-order chi connectivity index (χ0) is 10.7. The minimum atomic E-state index is 0.413. The molecule has 1 aromatic rings. The molecule has 1 atom stereocenters. The van der Waals surface area contributed by atoms with Crippen molar-refractivity contribution in [1.82, 2.24) is 15.3 Å². The minimum Gasteiger partial charge on any atom is -0.480 e. The van der Waals surface area contributed by atoms with E-state index in [1.54, 1.807) is 13.3 Å². The highest BCUT2D eigenvalue weighted by molar-refractivity contribution is 9.10. The molecular weight excluding hydrogens is 260 g/mol. The first-order valence-corrected chi connectivity index (χ1v) is 5.62. The Labute approximate surface area is 96.8 Å². The molecule has 0 radical (unpaired) electrons. The summed E-state index contributed by atoms with van der Waals surface area (Å²) in [6.45, 7) is 2.01. The van der Waals surface area contributed by atoms with Crippen molar-refractivity contribution in [2.75, 3.05) is 25.5 Å². The number of rotatable bonds is 3. The Kier molecular flexibility index (Phi) is 3.37. The van der Waals surface area contributed by atoms with Crippen molar-refractivity contribution in [1.29, 1.82) is 0 Å². The van der Waals surface area contributed by atoms with Crippen LogP contribution in [0.5, 0.6) is 5.88 Å². The van der Waals surface area contributed by atoms with Gasteiger partial charge in [-0.3, -0.25) is 0 Å². The van der Waals surface area contributed by atoms with Crippen LogP contribution in [0.2, 0.25) is 0 Å². The van der Waals surface area contributed by atoms with Crippen LogP contribution in [0.1, 0.15) is 6.42 Å². The van der Waals surface area contributed by atoms with E-state index < -0.39 is 0 Å². The van der Waals surface area contributed by atoms with Crippen LogP contribution in [-0.2, 0) is 0 Å². The third kappa shape index (κ3) is 2.57. The van der Waals surface area contributed by atoms with E-state index in [1.807, 2.05) is 0 Å². The molecule has 6 heteroatoms. The third-order valence-electron chi connectivity index (χ3n) is 2.30. The van der Waals surface area contributed by atoms with Gasteiger partial charge in [-0.1, -0.05) is 0 Å². The summed E-state index contributed by atoms with van der Waals surface area (Å²) in [6.07, 6.45) is 2.79. The van der Waals surface area contributed by atoms with Crippen molar-refractivity contribution in [2.24, 2.45) is 0 Å². The molecule has 0 aromatic carbocycles. The standard InChI is InChI=1S/C9H13BrN4O/c1-15-8-7(10)5-12-9(14-8)13-6-2-3-11-4-6/h5-6,11H,2-4H2,1H3,(H,12,13,14)/t6-/m1/s1. The Balaban J connectivity index is 2.07. The predicted octanol–water partition coefficient (Wildman–Crippen LogP) is 1.02. The molecule has 0 saturated carbocycles. The normalized spacial score (nSPS) is 20.3. The molecule has 0 spiro atoms. The van der Waals surface area contributed by atoms with E-state index in [0.29, 0.717) is 17.9 Å². The van der Waals surface area contributed by atoms with Crippen LogP contribution in [0.3, 0.4) is 0 Å². The van der Waals surface area contributed by atoms with Crippen LogP contribution in [-0.4, -0.2) is 36.2 Å². The molecule has 1 saturated heterocycles. The maximum absolute atomic E-state index is 5.10. The Morgan fingerprint density at radius 2 is 2.53 bits per heavy atom. The van der Waals surface area contributed by atoms with Crippen LogP contribution >= 0.6 is 15.9 Å². The van der Waals surface area contributed by atoms with Crippen LogP contribution in [0.4, 0.5) is 5.95 Å². The van der Waals surface area contributed by atoms with Crippen LogP contribution < -0.4 is 15.4 Å². The number of anilines is 1. The molecule has 0 unspecified atom stereocenters. The largest absolute Gasteiger partial charge is 0.480 e. The van der Waals surface area contributed by atoms with E-state index in [0.717, 1.165) is 24.0 Å². The van der Waals surface area contributed by atoms with E-state index in [4.69, 9.17) is 4.74 Å². The van der Waals surface area contributed by atoms with Crippen LogP contribution in [0.15, 0.2) is 10.7 Å². The van der Waals surface area contributed by atoms with Gasteiger partial charge in [-0.2, -0.15) is 4.98 Å².